The first-order valence-electron chi connectivity index (χ1n) is 3.09. The number of hydrogen-bond acceptors (Lipinski definition) is 2. The molecular weight excluding hydrogens is 116 g/mol. The largest absolute Gasteiger partial charge is 0.368 e. The first-order valence-corrected chi connectivity index (χ1v) is 3.09. The predicted molar refractivity (Wildman–Crippen MR) is 37.0 cm³/mol. The van der Waals surface area contributed by atoms with Crippen molar-refractivity contribution in [3.8, 4) is 0 Å². The topological polar surface area (TPSA) is 29.5 Å². The maximum absolute atomic E-state index is 8.99. The fraction of sp³-hybridized carbons (Fsp3) is 0.714. The zero-order chi connectivity index (χ0) is 7.28. The second-order valence-electron chi connectivity index (χ2n) is 2.26. The SMILES string of the molecule is C=CCOC(O)C(C)C. The molecule has 0 radical (unpaired) electrons. The molecule has 0 aliphatic carbocycles. The minimum absolute atomic E-state index is 0.157. The molecule has 54 valence electrons. The molecule has 9 heavy (non-hydrogen) atoms. The van der Waals surface area contributed by atoms with Crippen molar-refractivity contribution in [2.75, 3.05) is 6.61 Å². The lowest BCUT2D eigenvalue weighted by Gasteiger charge is -2.13. The molecule has 0 fully saturated rings. The van der Waals surface area contributed by atoms with Crippen molar-refractivity contribution in [1.29, 1.82) is 0 Å². The summed E-state index contributed by atoms with van der Waals surface area (Å²) in [4.78, 5) is 0. The Balaban J connectivity index is 3.26. The maximum atomic E-state index is 8.99. The summed E-state index contributed by atoms with van der Waals surface area (Å²) in [5, 5.41) is 8.99. The highest BCUT2D eigenvalue weighted by atomic mass is 16.6. The monoisotopic (exact) mass is 130 g/mol. The van der Waals surface area contributed by atoms with Crippen LogP contribution in [0.4, 0.5) is 0 Å². The zero-order valence-corrected chi connectivity index (χ0v) is 6.00. The molecule has 1 unspecified atom stereocenters. The lowest BCUT2D eigenvalue weighted by molar-refractivity contribution is -0.116. The fourth-order valence-electron chi connectivity index (χ4n) is 0.359. The van der Waals surface area contributed by atoms with Crippen molar-refractivity contribution in [1.82, 2.24) is 0 Å². The van der Waals surface area contributed by atoms with Gasteiger partial charge in [0, 0.05) is 5.92 Å². The van der Waals surface area contributed by atoms with E-state index >= 15 is 0 Å². The van der Waals surface area contributed by atoms with Crippen LogP contribution in [0.5, 0.6) is 0 Å². The molecule has 2 nitrogen and oxygen atoms in total. The van der Waals surface area contributed by atoms with Gasteiger partial charge in [0.15, 0.2) is 6.29 Å². The van der Waals surface area contributed by atoms with E-state index in [1.165, 1.54) is 0 Å². The fourth-order valence-corrected chi connectivity index (χ4v) is 0.359. The van der Waals surface area contributed by atoms with Crippen LogP contribution in [0, 0.1) is 5.92 Å². The predicted octanol–water partition coefficient (Wildman–Crippen LogP) is 1.16. The minimum atomic E-state index is -0.650. The van der Waals surface area contributed by atoms with Gasteiger partial charge >= 0.3 is 0 Å². The number of hydrogen-bond donors (Lipinski definition) is 1. The van der Waals surface area contributed by atoms with E-state index in [0.29, 0.717) is 6.61 Å². The molecule has 0 rings (SSSR count). The smallest absolute Gasteiger partial charge is 0.157 e. The Morgan fingerprint density at radius 2 is 2.22 bits per heavy atom. The number of rotatable bonds is 4. The van der Waals surface area contributed by atoms with Crippen molar-refractivity contribution in [3.05, 3.63) is 12.7 Å². The first-order chi connectivity index (χ1) is 4.18. The van der Waals surface area contributed by atoms with Crippen molar-refractivity contribution < 1.29 is 9.84 Å². The highest BCUT2D eigenvalue weighted by Gasteiger charge is 2.06. The summed E-state index contributed by atoms with van der Waals surface area (Å²) in [6.07, 6.45) is 0.967. The Bertz CT molecular complexity index is 79.0. The first kappa shape index (κ1) is 8.66. The summed E-state index contributed by atoms with van der Waals surface area (Å²) in [7, 11) is 0. The van der Waals surface area contributed by atoms with Crippen molar-refractivity contribution in [2.24, 2.45) is 5.92 Å². The molecule has 2 heteroatoms. The average Bonchev–Trinajstić information content (AvgIpc) is 1.82. The van der Waals surface area contributed by atoms with Crippen LogP contribution in [0.25, 0.3) is 0 Å². The van der Waals surface area contributed by atoms with Gasteiger partial charge in [0.2, 0.25) is 0 Å². The molecule has 0 aromatic heterocycles. The van der Waals surface area contributed by atoms with Crippen LogP contribution in [0.15, 0.2) is 12.7 Å². The Morgan fingerprint density at radius 3 is 2.56 bits per heavy atom. The van der Waals surface area contributed by atoms with E-state index in [1.54, 1.807) is 6.08 Å². The van der Waals surface area contributed by atoms with Gasteiger partial charge in [-0.25, -0.2) is 0 Å². The van der Waals surface area contributed by atoms with Gasteiger partial charge in [-0.2, -0.15) is 0 Å². The van der Waals surface area contributed by atoms with Crippen LogP contribution < -0.4 is 0 Å². The van der Waals surface area contributed by atoms with Crippen molar-refractivity contribution in [3.63, 3.8) is 0 Å². The molecule has 0 aliphatic heterocycles. The quantitative estimate of drug-likeness (QED) is 0.457. The molecule has 0 aromatic rings. The highest BCUT2D eigenvalue weighted by molar-refractivity contribution is 4.64. The van der Waals surface area contributed by atoms with Crippen LogP contribution in [0.2, 0.25) is 0 Å². The van der Waals surface area contributed by atoms with Gasteiger partial charge in [0.05, 0.1) is 6.61 Å². The Labute approximate surface area is 56.1 Å². The summed E-state index contributed by atoms with van der Waals surface area (Å²) in [6, 6.07) is 0. The molecule has 0 amide bonds. The molecule has 0 aromatic carbocycles. The molecule has 0 saturated heterocycles. The van der Waals surface area contributed by atoms with Crippen LogP contribution >= 0.6 is 0 Å². The van der Waals surface area contributed by atoms with Crippen molar-refractivity contribution in [2.45, 2.75) is 20.1 Å². The van der Waals surface area contributed by atoms with E-state index in [0.717, 1.165) is 0 Å². The third-order valence-corrected chi connectivity index (χ3v) is 0.955. The summed E-state index contributed by atoms with van der Waals surface area (Å²) in [5.41, 5.74) is 0. The second-order valence-corrected chi connectivity index (χ2v) is 2.26. The lowest BCUT2D eigenvalue weighted by Crippen LogP contribution is -2.18. The van der Waals surface area contributed by atoms with E-state index in [4.69, 9.17) is 9.84 Å². The maximum Gasteiger partial charge on any atom is 0.157 e. The normalized spacial score (nSPS) is 13.8. The molecular formula is C7H14O2. The molecule has 1 atom stereocenters. The third-order valence-electron chi connectivity index (χ3n) is 0.955. The van der Waals surface area contributed by atoms with Gasteiger partial charge in [-0.1, -0.05) is 19.9 Å². The zero-order valence-electron chi connectivity index (χ0n) is 6.00. The number of aliphatic hydroxyl groups excluding tert-OH is 1. The van der Waals surface area contributed by atoms with Crippen molar-refractivity contribution >= 4 is 0 Å². The minimum Gasteiger partial charge on any atom is -0.368 e. The Kier molecular flexibility index (Phi) is 4.36. The van der Waals surface area contributed by atoms with Crippen LogP contribution in [-0.2, 0) is 4.74 Å². The van der Waals surface area contributed by atoms with Gasteiger partial charge < -0.3 is 9.84 Å². The van der Waals surface area contributed by atoms with E-state index < -0.39 is 6.29 Å². The number of ether oxygens (including phenoxy) is 1. The van der Waals surface area contributed by atoms with Gasteiger partial charge in [-0.3, -0.25) is 0 Å². The Hall–Kier alpha value is -0.340. The molecule has 0 saturated carbocycles. The van der Waals surface area contributed by atoms with Gasteiger partial charge in [-0.15, -0.1) is 6.58 Å². The van der Waals surface area contributed by atoms with E-state index in [9.17, 15) is 0 Å². The third kappa shape index (κ3) is 4.18. The Morgan fingerprint density at radius 1 is 1.67 bits per heavy atom. The molecule has 0 aliphatic rings. The number of aliphatic hydroxyl groups is 1. The van der Waals surface area contributed by atoms with Crippen LogP contribution in [-0.4, -0.2) is 18.0 Å². The van der Waals surface area contributed by atoms with E-state index in [1.807, 2.05) is 13.8 Å². The molecule has 0 spiro atoms. The van der Waals surface area contributed by atoms with Gasteiger partial charge in [0.1, 0.15) is 0 Å². The van der Waals surface area contributed by atoms with Crippen LogP contribution in [0.3, 0.4) is 0 Å². The summed E-state index contributed by atoms with van der Waals surface area (Å²) in [5.74, 6) is 0.157. The van der Waals surface area contributed by atoms with Gasteiger partial charge in [-0.05, 0) is 0 Å². The molecule has 0 bridgehead atoms. The van der Waals surface area contributed by atoms with E-state index in [2.05, 4.69) is 6.58 Å². The van der Waals surface area contributed by atoms with E-state index in [-0.39, 0.29) is 5.92 Å². The standard InChI is InChI=1S/C7H14O2/c1-4-5-9-7(8)6(2)3/h4,6-8H,1,5H2,2-3H3. The van der Waals surface area contributed by atoms with Crippen LogP contribution in [0.1, 0.15) is 13.8 Å². The lowest BCUT2D eigenvalue weighted by atomic mass is 10.2. The second kappa shape index (κ2) is 4.53. The average molecular weight is 130 g/mol. The summed E-state index contributed by atoms with van der Waals surface area (Å²) < 4.78 is 4.89. The highest BCUT2D eigenvalue weighted by Crippen LogP contribution is 2.01. The van der Waals surface area contributed by atoms with Gasteiger partial charge in [0.25, 0.3) is 0 Å². The summed E-state index contributed by atoms with van der Waals surface area (Å²) >= 11 is 0. The molecule has 1 N–H and O–H groups in total. The summed E-state index contributed by atoms with van der Waals surface area (Å²) in [6.45, 7) is 7.67. The molecule has 0 heterocycles.